The number of nitrogens with zero attached hydrogens (tertiary/aromatic N) is 3. The summed E-state index contributed by atoms with van der Waals surface area (Å²) < 4.78 is 11.6. The molecule has 2 aliphatic heterocycles. The van der Waals surface area contributed by atoms with E-state index in [0.29, 0.717) is 30.6 Å². The van der Waals surface area contributed by atoms with Gasteiger partial charge in [-0.15, -0.1) is 0 Å². The Bertz CT molecular complexity index is 1210. The van der Waals surface area contributed by atoms with Crippen LogP contribution < -0.4 is 25.4 Å². The topological polar surface area (TPSA) is 83.6 Å². The zero-order chi connectivity index (χ0) is 24.7. The third kappa shape index (κ3) is 6.07. The van der Waals surface area contributed by atoms with Crippen molar-refractivity contribution in [2.24, 2.45) is 0 Å². The maximum Gasteiger partial charge on any atom is 0.229 e. The van der Waals surface area contributed by atoms with Crippen LogP contribution in [0.3, 0.4) is 0 Å². The van der Waals surface area contributed by atoms with Crippen molar-refractivity contribution in [2.75, 3.05) is 49.3 Å². The molecule has 1 saturated heterocycles. The Balaban J connectivity index is 1.17. The number of aromatic nitrogens is 2. The number of rotatable bonds is 11. The van der Waals surface area contributed by atoms with Crippen LogP contribution in [0.4, 0.5) is 23.1 Å². The lowest BCUT2D eigenvalue weighted by molar-refractivity contribution is 0.254. The molecular formula is C28H34N6O2. The van der Waals surface area contributed by atoms with Gasteiger partial charge >= 0.3 is 0 Å². The van der Waals surface area contributed by atoms with E-state index in [1.54, 1.807) is 13.3 Å². The van der Waals surface area contributed by atoms with Gasteiger partial charge in [0.2, 0.25) is 5.95 Å². The Morgan fingerprint density at radius 3 is 2.83 bits per heavy atom. The predicted octanol–water partition coefficient (Wildman–Crippen LogP) is 5.19. The Labute approximate surface area is 212 Å². The van der Waals surface area contributed by atoms with Gasteiger partial charge in [0, 0.05) is 48.8 Å². The number of likely N-dealkylation sites (tertiary alicyclic amines) is 1. The van der Waals surface area contributed by atoms with Gasteiger partial charge in [0.1, 0.15) is 5.82 Å². The van der Waals surface area contributed by atoms with Crippen LogP contribution in [0.15, 0.2) is 60.9 Å². The molecule has 2 aromatic carbocycles. The molecule has 1 aromatic heterocycles. The number of hydrogen-bond acceptors (Lipinski definition) is 8. The quantitative estimate of drug-likeness (QED) is 0.320. The highest BCUT2D eigenvalue weighted by molar-refractivity contribution is 5.63. The van der Waals surface area contributed by atoms with Gasteiger partial charge in [-0.3, -0.25) is 0 Å². The number of allylic oxidation sites excluding steroid dienone is 1. The minimum Gasteiger partial charge on any atom is -0.493 e. The van der Waals surface area contributed by atoms with E-state index in [1.165, 1.54) is 37.1 Å². The average molecular weight is 487 g/mol. The molecule has 0 bridgehead atoms. The van der Waals surface area contributed by atoms with Crippen LogP contribution in [0.5, 0.6) is 11.5 Å². The fourth-order valence-corrected chi connectivity index (χ4v) is 4.67. The molecule has 2 aliphatic rings. The molecule has 5 rings (SSSR count). The highest BCUT2D eigenvalue weighted by atomic mass is 16.5. The second kappa shape index (κ2) is 11.3. The average Bonchev–Trinajstić information content (AvgIpc) is 3.54. The first kappa shape index (κ1) is 23.9. The third-order valence-electron chi connectivity index (χ3n) is 6.51. The minimum atomic E-state index is 0.514. The van der Waals surface area contributed by atoms with Crippen molar-refractivity contribution >= 4 is 23.1 Å². The zero-order valence-electron chi connectivity index (χ0n) is 20.8. The summed E-state index contributed by atoms with van der Waals surface area (Å²) in [5.41, 5.74) is 5.49. The van der Waals surface area contributed by atoms with E-state index in [-0.39, 0.29) is 0 Å². The Morgan fingerprint density at radius 2 is 1.97 bits per heavy atom. The first-order chi connectivity index (χ1) is 17.7. The van der Waals surface area contributed by atoms with E-state index in [1.807, 2.05) is 24.3 Å². The van der Waals surface area contributed by atoms with Crippen LogP contribution in [0, 0.1) is 0 Å². The molecule has 8 heteroatoms. The molecule has 0 aliphatic carbocycles. The van der Waals surface area contributed by atoms with Gasteiger partial charge in [-0.2, -0.15) is 4.98 Å². The molecule has 3 aromatic rings. The summed E-state index contributed by atoms with van der Waals surface area (Å²) in [6, 6.07) is 14.1. The molecular weight excluding hydrogens is 452 g/mol. The summed E-state index contributed by atoms with van der Waals surface area (Å²) in [6.07, 6.45) is 6.23. The summed E-state index contributed by atoms with van der Waals surface area (Å²) in [6.45, 7) is 8.83. The molecule has 36 heavy (non-hydrogen) atoms. The monoisotopic (exact) mass is 486 g/mol. The molecule has 0 unspecified atom stereocenters. The normalized spacial score (nSPS) is 14.9. The lowest BCUT2D eigenvalue weighted by Gasteiger charge is -2.16. The predicted molar refractivity (Wildman–Crippen MR) is 144 cm³/mol. The maximum absolute atomic E-state index is 6.06. The van der Waals surface area contributed by atoms with E-state index in [2.05, 4.69) is 55.6 Å². The van der Waals surface area contributed by atoms with Gasteiger partial charge in [-0.1, -0.05) is 18.7 Å². The maximum atomic E-state index is 6.06. The Morgan fingerprint density at radius 1 is 1.08 bits per heavy atom. The van der Waals surface area contributed by atoms with E-state index < -0.39 is 0 Å². The van der Waals surface area contributed by atoms with Crippen LogP contribution in [0.25, 0.3) is 0 Å². The molecule has 3 N–H and O–H groups in total. The molecule has 0 amide bonds. The molecule has 3 heterocycles. The van der Waals surface area contributed by atoms with Crippen LogP contribution in [0.2, 0.25) is 0 Å². The Kier molecular flexibility index (Phi) is 7.52. The van der Waals surface area contributed by atoms with Crippen LogP contribution >= 0.6 is 0 Å². The highest BCUT2D eigenvalue weighted by Crippen LogP contribution is 2.31. The number of anilines is 4. The van der Waals surface area contributed by atoms with Crippen LogP contribution in [-0.2, 0) is 13.0 Å². The van der Waals surface area contributed by atoms with Gasteiger partial charge < -0.3 is 30.3 Å². The SMILES string of the molecule is C=C1Cc2cc(CNc3ccnc(Nc4ccc(OC)c(OCCCN5CCCC5)c4)n3)ccc2N1. The summed E-state index contributed by atoms with van der Waals surface area (Å²) in [7, 11) is 1.66. The van der Waals surface area contributed by atoms with Crippen molar-refractivity contribution in [3.63, 3.8) is 0 Å². The number of benzene rings is 2. The number of ether oxygens (including phenoxy) is 2. The van der Waals surface area contributed by atoms with Crippen molar-refractivity contribution < 1.29 is 9.47 Å². The summed E-state index contributed by atoms with van der Waals surface area (Å²) >= 11 is 0. The molecule has 0 spiro atoms. The largest absolute Gasteiger partial charge is 0.493 e. The Hall–Kier alpha value is -3.78. The van der Waals surface area contributed by atoms with Gasteiger partial charge in [0.05, 0.1) is 13.7 Å². The molecule has 0 radical (unpaired) electrons. The first-order valence-corrected chi connectivity index (χ1v) is 12.6. The number of methoxy groups -OCH3 is 1. The second-order valence-electron chi connectivity index (χ2n) is 9.26. The van der Waals surface area contributed by atoms with Crippen LogP contribution in [-0.4, -0.2) is 48.2 Å². The van der Waals surface area contributed by atoms with Gasteiger partial charge in [-0.25, -0.2) is 4.98 Å². The second-order valence-corrected chi connectivity index (χ2v) is 9.26. The van der Waals surface area contributed by atoms with Crippen molar-refractivity contribution in [1.82, 2.24) is 14.9 Å². The highest BCUT2D eigenvalue weighted by Gasteiger charge is 2.14. The summed E-state index contributed by atoms with van der Waals surface area (Å²) in [5, 5.41) is 9.98. The number of nitrogens with one attached hydrogen (secondary N) is 3. The van der Waals surface area contributed by atoms with E-state index >= 15 is 0 Å². The molecule has 188 valence electrons. The fourth-order valence-electron chi connectivity index (χ4n) is 4.67. The van der Waals surface area contributed by atoms with E-state index in [9.17, 15) is 0 Å². The van der Waals surface area contributed by atoms with E-state index in [4.69, 9.17) is 9.47 Å². The smallest absolute Gasteiger partial charge is 0.229 e. The molecule has 1 fully saturated rings. The molecule has 0 atom stereocenters. The van der Waals surface area contributed by atoms with Crippen LogP contribution in [0.1, 0.15) is 30.4 Å². The van der Waals surface area contributed by atoms with Crippen molar-refractivity contribution in [3.8, 4) is 11.5 Å². The van der Waals surface area contributed by atoms with Gasteiger partial charge in [-0.05, 0) is 67.7 Å². The number of fused-ring (bicyclic) bond motifs is 1. The lowest BCUT2D eigenvalue weighted by atomic mass is 10.1. The third-order valence-corrected chi connectivity index (χ3v) is 6.51. The summed E-state index contributed by atoms with van der Waals surface area (Å²) in [5.74, 6) is 2.69. The van der Waals surface area contributed by atoms with Crippen molar-refractivity contribution in [3.05, 3.63) is 72.1 Å². The zero-order valence-corrected chi connectivity index (χ0v) is 20.8. The number of hydrogen-bond donors (Lipinski definition) is 3. The lowest BCUT2D eigenvalue weighted by Crippen LogP contribution is -2.21. The van der Waals surface area contributed by atoms with Gasteiger partial charge in [0.25, 0.3) is 0 Å². The van der Waals surface area contributed by atoms with Crippen molar-refractivity contribution in [1.29, 1.82) is 0 Å². The summed E-state index contributed by atoms with van der Waals surface area (Å²) in [4.78, 5) is 11.5. The first-order valence-electron chi connectivity index (χ1n) is 12.6. The molecule has 8 nitrogen and oxygen atoms in total. The standard InChI is InChI=1S/C28H34N6O2/c1-20-16-22-17-21(6-8-24(22)31-20)19-30-27-10-11-29-28(33-27)32-23-7-9-25(35-2)26(18-23)36-15-5-14-34-12-3-4-13-34/h6-11,17-18,31H,1,3-5,12-16,19H2,2H3,(H2,29,30,32,33). The molecule has 0 saturated carbocycles. The van der Waals surface area contributed by atoms with Crippen molar-refractivity contribution in [2.45, 2.75) is 32.2 Å². The van der Waals surface area contributed by atoms with E-state index in [0.717, 1.165) is 42.3 Å². The van der Waals surface area contributed by atoms with Gasteiger partial charge in [0.15, 0.2) is 11.5 Å². The minimum absolute atomic E-state index is 0.514. The fraction of sp³-hybridized carbons (Fsp3) is 0.357.